The van der Waals surface area contributed by atoms with Gasteiger partial charge in [-0.1, -0.05) is 19.8 Å². The molecule has 0 spiro atoms. The summed E-state index contributed by atoms with van der Waals surface area (Å²) >= 11 is 0. The van der Waals surface area contributed by atoms with Gasteiger partial charge in [-0.15, -0.1) is 4.73 Å². The van der Waals surface area contributed by atoms with E-state index in [9.17, 15) is 19.8 Å². The van der Waals surface area contributed by atoms with Gasteiger partial charge < -0.3 is 19.7 Å². The Hall–Kier alpha value is -2.38. The Kier molecular flexibility index (Phi) is 6.93. The first-order valence-electron chi connectivity index (χ1n) is 6.65. The van der Waals surface area contributed by atoms with Crippen LogP contribution in [0.25, 0.3) is 0 Å². The topological polar surface area (TPSA) is 107 Å². The summed E-state index contributed by atoms with van der Waals surface area (Å²) in [6.45, 7) is 1.77. The largest absolute Gasteiger partial charge is 0.534 e. The number of unbranched alkanes of at least 4 members (excludes halogenated alkanes) is 2. The lowest BCUT2D eigenvalue weighted by Gasteiger charge is -2.08. The summed E-state index contributed by atoms with van der Waals surface area (Å²) in [6, 6.07) is 2.28. The van der Waals surface area contributed by atoms with Crippen molar-refractivity contribution in [3.8, 4) is 11.8 Å². The molecular formula is C13H19NO7. The number of aromatic hydroxyl groups is 2. The molecule has 0 amide bonds. The molecule has 2 N–H and O–H groups in total. The lowest BCUT2D eigenvalue weighted by molar-refractivity contribution is -0.145. The molecule has 0 atom stereocenters. The molecule has 0 saturated carbocycles. The van der Waals surface area contributed by atoms with E-state index in [-0.39, 0.29) is 19.2 Å². The average molecular weight is 301 g/mol. The van der Waals surface area contributed by atoms with Crippen molar-refractivity contribution in [2.45, 2.75) is 32.6 Å². The molecule has 0 aliphatic heterocycles. The molecule has 1 aromatic heterocycles. The van der Waals surface area contributed by atoms with Gasteiger partial charge in [0.05, 0.1) is 0 Å². The number of carbonyl (C=O) groups is 2. The summed E-state index contributed by atoms with van der Waals surface area (Å²) < 4.78 is 9.96. The number of esters is 1. The third-order valence-electron chi connectivity index (χ3n) is 2.51. The van der Waals surface area contributed by atoms with Crippen LogP contribution in [0.2, 0.25) is 0 Å². The van der Waals surface area contributed by atoms with Crippen LogP contribution in [0.3, 0.4) is 0 Å². The third-order valence-corrected chi connectivity index (χ3v) is 2.51. The van der Waals surface area contributed by atoms with Crippen LogP contribution in [0.5, 0.6) is 11.8 Å². The van der Waals surface area contributed by atoms with E-state index in [2.05, 4.69) is 9.57 Å². The van der Waals surface area contributed by atoms with E-state index in [0.717, 1.165) is 31.4 Å². The Balaban J connectivity index is 2.15. The minimum absolute atomic E-state index is 0.0797. The molecule has 1 aromatic rings. The number of rotatable bonds is 8. The maximum absolute atomic E-state index is 11.2. The first-order valence-corrected chi connectivity index (χ1v) is 6.65. The number of ether oxygens (including phenoxy) is 2. The Labute approximate surface area is 121 Å². The van der Waals surface area contributed by atoms with Crippen molar-refractivity contribution in [2.24, 2.45) is 0 Å². The van der Waals surface area contributed by atoms with E-state index in [1.165, 1.54) is 0 Å². The maximum Gasteiger partial charge on any atom is 0.534 e. The summed E-state index contributed by atoms with van der Waals surface area (Å²) in [5, 5.41) is 18.5. The molecule has 0 aliphatic carbocycles. The standard InChI is InChI=1S/C13H19NO7/c1-2-3-4-5-12(17)19-8-9-20-13(18)21-14-10(15)6-7-11(14)16/h6-7,15-16H,2-5,8-9H2,1H3. The monoisotopic (exact) mass is 301 g/mol. The molecule has 118 valence electrons. The van der Waals surface area contributed by atoms with E-state index < -0.39 is 17.9 Å². The minimum atomic E-state index is -1.14. The molecule has 21 heavy (non-hydrogen) atoms. The van der Waals surface area contributed by atoms with Crippen molar-refractivity contribution in [3.05, 3.63) is 12.1 Å². The highest BCUT2D eigenvalue weighted by Gasteiger charge is 2.13. The smallest absolute Gasteiger partial charge is 0.492 e. The lowest BCUT2D eigenvalue weighted by atomic mass is 10.2. The molecule has 1 rings (SSSR count). The SMILES string of the molecule is CCCCCC(=O)OCCOC(=O)On1c(O)ccc1O. The highest BCUT2D eigenvalue weighted by molar-refractivity contribution is 5.69. The molecule has 0 fully saturated rings. The van der Waals surface area contributed by atoms with E-state index in [1.807, 2.05) is 6.92 Å². The highest BCUT2D eigenvalue weighted by atomic mass is 16.8. The van der Waals surface area contributed by atoms with Crippen LogP contribution in [0.4, 0.5) is 4.79 Å². The van der Waals surface area contributed by atoms with Crippen LogP contribution in [-0.2, 0) is 14.3 Å². The number of carbonyl (C=O) groups excluding carboxylic acids is 2. The summed E-state index contributed by atoms with van der Waals surface area (Å²) in [4.78, 5) is 27.0. The average Bonchev–Trinajstić information content (AvgIpc) is 2.76. The van der Waals surface area contributed by atoms with Crippen molar-refractivity contribution >= 4 is 12.1 Å². The molecule has 0 saturated heterocycles. The van der Waals surface area contributed by atoms with Crippen molar-refractivity contribution in [2.75, 3.05) is 13.2 Å². The Morgan fingerprint density at radius 1 is 1.10 bits per heavy atom. The van der Waals surface area contributed by atoms with E-state index in [4.69, 9.17) is 4.74 Å². The van der Waals surface area contributed by atoms with Gasteiger partial charge in [-0.05, 0) is 6.42 Å². The van der Waals surface area contributed by atoms with Crippen LogP contribution in [0, 0.1) is 0 Å². The molecule has 0 unspecified atom stereocenters. The molecule has 1 heterocycles. The lowest BCUT2D eigenvalue weighted by Crippen LogP contribution is -2.22. The Morgan fingerprint density at radius 2 is 1.71 bits per heavy atom. The minimum Gasteiger partial charge on any atom is -0.492 e. The second-order valence-electron chi connectivity index (χ2n) is 4.21. The normalized spacial score (nSPS) is 10.1. The van der Waals surface area contributed by atoms with Gasteiger partial charge in [-0.25, -0.2) is 4.79 Å². The highest BCUT2D eigenvalue weighted by Crippen LogP contribution is 2.18. The van der Waals surface area contributed by atoms with Crippen molar-refractivity contribution in [1.82, 2.24) is 4.73 Å². The second kappa shape index (κ2) is 8.72. The van der Waals surface area contributed by atoms with Crippen LogP contribution < -0.4 is 4.84 Å². The molecular weight excluding hydrogens is 282 g/mol. The second-order valence-corrected chi connectivity index (χ2v) is 4.21. The maximum atomic E-state index is 11.2. The first-order chi connectivity index (χ1) is 10.0. The summed E-state index contributed by atoms with van der Waals surface area (Å²) in [7, 11) is 0. The zero-order chi connectivity index (χ0) is 15.7. The predicted molar refractivity (Wildman–Crippen MR) is 70.8 cm³/mol. The van der Waals surface area contributed by atoms with Gasteiger partial charge >= 0.3 is 12.1 Å². The number of hydrogen-bond acceptors (Lipinski definition) is 7. The van der Waals surface area contributed by atoms with Gasteiger partial charge in [0.2, 0.25) is 11.8 Å². The van der Waals surface area contributed by atoms with Crippen LogP contribution in [0.15, 0.2) is 12.1 Å². The summed E-state index contributed by atoms with van der Waals surface area (Å²) in [5.74, 6) is -1.25. The number of hydrogen-bond donors (Lipinski definition) is 2. The van der Waals surface area contributed by atoms with E-state index in [0.29, 0.717) is 11.2 Å². The van der Waals surface area contributed by atoms with Crippen LogP contribution in [0.1, 0.15) is 32.6 Å². The molecule has 0 bridgehead atoms. The van der Waals surface area contributed by atoms with Gasteiger partial charge in [0.25, 0.3) is 0 Å². The molecule has 8 heteroatoms. The zero-order valence-electron chi connectivity index (χ0n) is 11.8. The van der Waals surface area contributed by atoms with Crippen molar-refractivity contribution in [1.29, 1.82) is 0 Å². The fourth-order valence-corrected chi connectivity index (χ4v) is 1.47. The zero-order valence-corrected chi connectivity index (χ0v) is 11.8. The Bertz CT molecular complexity index is 450. The van der Waals surface area contributed by atoms with Crippen LogP contribution in [-0.4, -0.2) is 40.3 Å². The fraction of sp³-hybridized carbons (Fsp3) is 0.538. The van der Waals surface area contributed by atoms with E-state index in [1.54, 1.807) is 0 Å². The van der Waals surface area contributed by atoms with Crippen LogP contribution >= 0.6 is 0 Å². The number of aromatic nitrogens is 1. The van der Waals surface area contributed by atoms with Gasteiger partial charge in [-0.2, -0.15) is 0 Å². The first kappa shape index (κ1) is 16.7. The van der Waals surface area contributed by atoms with Gasteiger partial charge in [0, 0.05) is 18.6 Å². The summed E-state index contributed by atoms with van der Waals surface area (Å²) in [6.07, 6.45) is 1.94. The third kappa shape index (κ3) is 6.07. The van der Waals surface area contributed by atoms with Gasteiger partial charge in [-0.3, -0.25) is 9.63 Å². The fourth-order valence-electron chi connectivity index (χ4n) is 1.47. The molecule has 8 nitrogen and oxygen atoms in total. The molecule has 0 radical (unpaired) electrons. The predicted octanol–water partition coefficient (Wildman–Crippen LogP) is 1.59. The molecule has 0 aromatic carbocycles. The summed E-state index contributed by atoms with van der Waals surface area (Å²) in [5.41, 5.74) is 0. The number of nitrogens with zero attached hydrogens (tertiary/aromatic N) is 1. The van der Waals surface area contributed by atoms with Gasteiger partial charge in [0.15, 0.2) is 0 Å². The Morgan fingerprint density at radius 3 is 2.33 bits per heavy atom. The van der Waals surface area contributed by atoms with Gasteiger partial charge in [0.1, 0.15) is 13.2 Å². The quantitative estimate of drug-likeness (QED) is 0.554. The van der Waals surface area contributed by atoms with Crippen molar-refractivity contribution in [3.63, 3.8) is 0 Å². The van der Waals surface area contributed by atoms with Crippen molar-refractivity contribution < 1.29 is 34.1 Å². The molecule has 0 aliphatic rings. The van der Waals surface area contributed by atoms with E-state index >= 15 is 0 Å².